The van der Waals surface area contributed by atoms with E-state index < -0.39 is 12.0 Å². The van der Waals surface area contributed by atoms with Crippen LogP contribution in [0.4, 0.5) is 14.5 Å². The van der Waals surface area contributed by atoms with E-state index in [-0.39, 0.29) is 0 Å². The summed E-state index contributed by atoms with van der Waals surface area (Å²) in [5, 5.41) is 0. The van der Waals surface area contributed by atoms with Crippen molar-refractivity contribution in [3.63, 3.8) is 0 Å². The highest BCUT2D eigenvalue weighted by Crippen LogP contribution is 2.27. The molecule has 5 heteroatoms. The zero-order valence-electron chi connectivity index (χ0n) is 10.4. The third-order valence-electron chi connectivity index (χ3n) is 3.32. The average molecular weight is 256 g/mol. The van der Waals surface area contributed by atoms with Gasteiger partial charge in [-0.25, -0.2) is 8.78 Å². The zero-order valence-corrected chi connectivity index (χ0v) is 10.4. The molecule has 1 saturated heterocycles. The van der Waals surface area contributed by atoms with E-state index in [0.717, 1.165) is 18.8 Å². The number of ether oxygens (including phenoxy) is 1. The molecule has 1 aliphatic heterocycles. The van der Waals surface area contributed by atoms with E-state index in [4.69, 9.17) is 10.5 Å². The quantitative estimate of drug-likeness (QED) is 0.898. The second-order valence-electron chi connectivity index (χ2n) is 4.73. The first-order chi connectivity index (χ1) is 8.51. The summed E-state index contributed by atoms with van der Waals surface area (Å²) >= 11 is 0. The molecule has 1 heterocycles. The molecule has 0 aliphatic carbocycles. The van der Waals surface area contributed by atoms with Crippen LogP contribution >= 0.6 is 0 Å². The third-order valence-corrected chi connectivity index (χ3v) is 3.32. The highest BCUT2D eigenvalue weighted by Gasteiger charge is 2.32. The van der Waals surface area contributed by atoms with Gasteiger partial charge in [-0.3, -0.25) is 0 Å². The molecule has 0 aromatic heterocycles. The Morgan fingerprint density at radius 2 is 1.78 bits per heavy atom. The van der Waals surface area contributed by atoms with Crippen LogP contribution in [0.5, 0.6) is 0 Å². The Morgan fingerprint density at radius 3 is 2.28 bits per heavy atom. The summed E-state index contributed by atoms with van der Waals surface area (Å²) in [5.74, 6) is 0. The molecule has 0 bridgehead atoms. The molecule has 3 nitrogen and oxygen atoms in total. The van der Waals surface area contributed by atoms with E-state index in [1.165, 1.54) is 6.92 Å². The van der Waals surface area contributed by atoms with E-state index in [2.05, 4.69) is 4.90 Å². The van der Waals surface area contributed by atoms with Crippen LogP contribution in [-0.2, 0) is 10.3 Å². The van der Waals surface area contributed by atoms with E-state index in [9.17, 15) is 8.78 Å². The fourth-order valence-corrected chi connectivity index (χ4v) is 1.98. The van der Waals surface area contributed by atoms with Crippen LogP contribution < -0.4 is 10.6 Å². The van der Waals surface area contributed by atoms with Gasteiger partial charge < -0.3 is 15.4 Å². The number of benzene rings is 1. The van der Waals surface area contributed by atoms with Gasteiger partial charge in [0.15, 0.2) is 0 Å². The fraction of sp³-hybridized carbons (Fsp3) is 0.538. The monoisotopic (exact) mass is 256 g/mol. The second-order valence-corrected chi connectivity index (χ2v) is 4.73. The van der Waals surface area contributed by atoms with Gasteiger partial charge in [0.05, 0.1) is 18.8 Å². The van der Waals surface area contributed by atoms with Crippen molar-refractivity contribution in [2.24, 2.45) is 5.73 Å². The second kappa shape index (κ2) is 5.20. The van der Waals surface area contributed by atoms with Crippen molar-refractivity contribution in [3.05, 3.63) is 29.8 Å². The molecule has 0 saturated carbocycles. The van der Waals surface area contributed by atoms with Gasteiger partial charge in [0.1, 0.15) is 0 Å². The number of alkyl halides is 2. The summed E-state index contributed by atoms with van der Waals surface area (Å²) in [6.45, 7) is 4.41. The number of hydrogen-bond acceptors (Lipinski definition) is 3. The number of nitrogens with zero attached hydrogens (tertiary/aromatic N) is 1. The lowest BCUT2D eigenvalue weighted by Gasteiger charge is -2.30. The van der Waals surface area contributed by atoms with Crippen molar-refractivity contribution in [1.82, 2.24) is 0 Å². The SMILES string of the molecule is CC(N)(c1ccc(N2CCOCC2)cc1)C(F)F. The van der Waals surface area contributed by atoms with Crippen LogP contribution in [0.1, 0.15) is 12.5 Å². The van der Waals surface area contributed by atoms with Crippen molar-refractivity contribution in [2.45, 2.75) is 18.9 Å². The van der Waals surface area contributed by atoms with Gasteiger partial charge in [-0.05, 0) is 24.6 Å². The number of rotatable bonds is 3. The molecular weight excluding hydrogens is 238 g/mol. The lowest BCUT2D eigenvalue weighted by molar-refractivity contribution is 0.0625. The summed E-state index contributed by atoms with van der Waals surface area (Å²) < 4.78 is 30.9. The molecular formula is C13H18F2N2O. The molecule has 18 heavy (non-hydrogen) atoms. The maximum Gasteiger partial charge on any atom is 0.260 e. The van der Waals surface area contributed by atoms with Gasteiger partial charge in [-0.15, -0.1) is 0 Å². The Balaban J connectivity index is 2.14. The molecule has 2 rings (SSSR count). The summed E-state index contributed by atoms with van der Waals surface area (Å²) in [6.07, 6.45) is -2.58. The minimum absolute atomic E-state index is 0.453. The van der Waals surface area contributed by atoms with Crippen molar-refractivity contribution in [1.29, 1.82) is 0 Å². The number of nitrogens with two attached hydrogens (primary N) is 1. The predicted octanol–water partition coefficient (Wildman–Crippen LogP) is 1.96. The first-order valence-corrected chi connectivity index (χ1v) is 6.02. The van der Waals surface area contributed by atoms with E-state index in [1.54, 1.807) is 12.1 Å². The topological polar surface area (TPSA) is 38.5 Å². The molecule has 0 radical (unpaired) electrons. The Morgan fingerprint density at radius 1 is 1.22 bits per heavy atom. The van der Waals surface area contributed by atoms with Crippen molar-refractivity contribution < 1.29 is 13.5 Å². The molecule has 1 fully saturated rings. The highest BCUT2D eigenvalue weighted by atomic mass is 19.3. The lowest BCUT2D eigenvalue weighted by Crippen LogP contribution is -2.40. The van der Waals surface area contributed by atoms with Crippen molar-refractivity contribution in [3.8, 4) is 0 Å². The summed E-state index contributed by atoms with van der Waals surface area (Å²) in [6, 6.07) is 7.04. The van der Waals surface area contributed by atoms with Crippen LogP contribution in [0.2, 0.25) is 0 Å². The first-order valence-electron chi connectivity index (χ1n) is 6.02. The van der Waals surface area contributed by atoms with Crippen LogP contribution in [0.3, 0.4) is 0 Å². The Labute approximate surface area is 106 Å². The average Bonchev–Trinajstić information content (AvgIpc) is 2.40. The highest BCUT2D eigenvalue weighted by molar-refractivity contribution is 5.49. The number of anilines is 1. The first kappa shape index (κ1) is 13.2. The number of hydrogen-bond donors (Lipinski definition) is 1. The molecule has 1 aromatic carbocycles. The minimum atomic E-state index is -2.58. The van der Waals surface area contributed by atoms with Gasteiger partial charge >= 0.3 is 0 Å². The maximum absolute atomic E-state index is 12.8. The molecule has 1 unspecified atom stereocenters. The Hall–Kier alpha value is -1.20. The smallest absolute Gasteiger partial charge is 0.260 e. The molecule has 100 valence electrons. The normalized spacial score (nSPS) is 19.9. The maximum atomic E-state index is 12.8. The Kier molecular flexibility index (Phi) is 3.82. The lowest BCUT2D eigenvalue weighted by atomic mass is 9.93. The third kappa shape index (κ3) is 2.62. The summed E-state index contributed by atoms with van der Waals surface area (Å²) in [4.78, 5) is 2.17. The van der Waals surface area contributed by atoms with Gasteiger partial charge in [0, 0.05) is 18.8 Å². The van der Waals surface area contributed by atoms with Crippen molar-refractivity contribution >= 4 is 5.69 Å². The fourth-order valence-electron chi connectivity index (χ4n) is 1.98. The van der Waals surface area contributed by atoms with Gasteiger partial charge in [0.25, 0.3) is 6.43 Å². The molecule has 0 spiro atoms. The molecule has 1 aliphatic rings. The predicted molar refractivity (Wildman–Crippen MR) is 67.0 cm³/mol. The molecule has 1 atom stereocenters. The standard InChI is InChI=1S/C13H18F2N2O/c1-13(16,12(14)15)10-2-4-11(5-3-10)17-6-8-18-9-7-17/h2-5,12H,6-9,16H2,1H3. The van der Waals surface area contributed by atoms with Gasteiger partial charge in [-0.1, -0.05) is 12.1 Å². The number of halogens is 2. The van der Waals surface area contributed by atoms with E-state index in [1.807, 2.05) is 12.1 Å². The Bertz CT molecular complexity index is 386. The molecule has 1 aromatic rings. The summed E-state index contributed by atoms with van der Waals surface area (Å²) in [7, 11) is 0. The van der Waals surface area contributed by atoms with Crippen LogP contribution in [-0.4, -0.2) is 32.7 Å². The zero-order chi connectivity index (χ0) is 13.2. The van der Waals surface area contributed by atoms with Crippen molar-refractivity contribution in [2.75, 3.05) is 31.2 Å². The summed E-state index contributed by atoms with van der Waals surface area (Å²) in [5.41, 5.74) is 5.51. The van der Waals surface area contributed by atoms with Crippen LogP contribution in [0, 0.1) is 0 Å². The van der Waals surface area contributed by atoms with Gasteiger partial charge in [-0.2, -0.15) is 0 Å². The molecule has 2 N–H and O–H groups in total. The number of morpholine rings is 1. The largest absolute Gasteiger partial charge is 0.378 e. The van der Waals surface area contributed by atoms with Crippen LogP contribution in [0.15, 0.2) is 24.3 Å². The minimum Gasteiger partial charge on any atom is -0.378 e. The van der Waals surface area contributed by atoms with Crippen LogP contribution in [0.25, 0.3) is 0 Å². The van der Waals surface area contributed by atoms with Gasteiger partial charge in [0.2, 0.25) is 0 Å². The molecule has 0 amide bonds. The van der Waals surface area contributed by atoms with E-state index >= 15 is 0 Å². The van der Waals surface area contributed by atoms with E-state index in [0.29, 0.717) is 18.8 Å².